The zero-order valence-electron chi connectivity index (χ0n) is 6.81. The largest absolute Gasteiger partial charge is 0.364 e. The van der Waals surface area contributed by atoms with Crippen molar-refractivity contribution < 1.29 is 7.54 Å². The van der Waals surface area contributed by atoms with Gasteiger partial charge in [0.05, 0.1) is 2.74 Å². The van der Waals surface area contributed by atoms with E-state index in [1.54, 1.807) is 0 Å². The Balaban J connectivity index is 3.31. The van der Waals surface area contributed by atoms with E-state index >= 15 is 0 Å². The fourth-order valence-electron chi connectivity index (χ4n) is 0.413. The average Bonchev–Trinajstić information content (AvgIpc) is 1.99. The second-order valence-electron chi connectivity index (χ2n) is 1.49. The smallest absolute Gasteiger partial charge is 0.268 e. The van der Waals surface area contributed by atoms with Gasteiger partial charge in [0.1, 0.15) is 10.8 Å². The molecule has 0 bridgehead atoms. The van der Waals surface area contributed by atoms with E-state index in [1.807, 2.05) is 0 Å². The standard InChI is InChI=1S/C6H4ClN2O/c7-5-3-1-2-4(9-5)6(8)10/h1,3H,(H2,8,10)/i1D,3D. The Morgan fingerprint density at radius 3 is 3.20 bits per heavy atom. The maximum Gasteiger partial charge on any atom is 0.268 e. The number of hydrogen-bond acceptors (Lipinski definition) is 2. The minimum Gasteiger partial charge on any atom is -0.364 e. The molecule has 1 radical (unpaired) electrons. The Labute approximate surface area is 65.6 Å². The van der Waals surface area contributed by atoms with Gasteiger partial charge in [0.2, 0.25) is 0 Å². The predicted octanol–water partition coefficient (Wildman–Crippen LogP) is 0.634. The van der Waals surface area contributed by atoms with Crippen LogP contribution in [0.5, 0.6) is 0 Å². The number of carbonyl (C=O) groups excluding carboxylic acids is 1. The van der Waals surface area contributed by atoms with E-state index in [2.05, 4.69) is 11.1 Å². The summed E-state index contributed by atoms with van der Waals surface area (Å²) in [5.74, 6) is -0.814. The van der Waals surface area contributed by atoms with Gasteiger partial charge in [0.15, 0.2) is 0 Å². The molecule has 0 atom stereocenters. The highest BCUT2D eigenvalue weighted by molar-refractivity contribution is 6.29. The van der Waals surface area contributed by atoms with Gasteiger partial charge in [-0.05, 0) is 12.1 Å². The van der Waals surface area contributed by atoms with E-state index in [1.165, 1.54) is 0 Å². The lowest BCUT2D eigenvalue weighted by Gasteiger charge is -1.91. The van der Waals surface area contributed by atoms with Crippen LogP contribution in [0.3, 0.4) is 0 Å². The van der Waals surface area contributed by atoms with Crippen molar-refractivity contribution in [3.05, 3.63) is 29.0 Å². The summed E-state index contributed by atoms with van der Waals surface area (Å²) in [5, 5.41) is -0.215. The van der Waals surface area contributed by atoms with Gasteiger partial charge in [-0.25, -0.2) is 4.98 Å². The lowest BCUT2D eigenvalue weighted by molar-refractivity contribution is 0.0995. The molecule has 0 fully saturated rings. The summed E-state index contributed by atoms with van der Waals surface area (Å²) in [4.78, 5) is 14.0. The van der Waals surface area contributed by atoms with E-state index in [-0.39, 0.29) is 22.9 Å². The molecule has 0 spiro atoms. The number of nitrogens with zero attached hydrogens (tertiary/aromatic N) is 1. The van der Waals surface area contributed by atoms with Crippen LogP contribution < -0.4 is 5.73 Å². The van der Waals surface area contributed by atoms with Gasteiger partial charge < -0.3 is 5.73 Å². The maximum absolute atomic E-state index is 10.5. The van der Waals surface area contributed by atoms with Crippen molar-refractivity contribution >= 4 is 17.5 Å². The predicted molar refractivity (Wildman–Crippen MR) is 36.6 cm³/mol. The zero-order valence-corrected chi connectivity index (χ0v) is 5.57. The first-order chi connectivity index (χ1) is 5.52. The van der Waals surface area contributed by atoms with Crippen LogP contribution in [0.25, 0.3) is 0 Å². The van der Waals surface area contributed by atoms with Gasteiger partial charge in [0.25, 0.3) is 5.91 Å². The third-order valence-corrected chi connectivity index (χ3v) is 0.969. The molecule has 0 aromatic carbocycles. The number of primary amides is 1. The summed E-state index contributed by atoms with van der Waals surface area (Å²) in [7, 11) is 0. The van der Waals surface area contributed by atoms with Crippen LogP contribution in [0.15, 0.2) is 12.1 Å². The summed E-state index contributed by atoms with van der Waals surface area (Å²) in [6, 6.07) is 1.67. The molecule has 1 aromatic heterocycles. The van der Waals surface area contributed by atoms with E-state index in [0.29, 0.717) is 0 Å². The molecule has 0 aliphatic rings. The summed E-state index contributed by atoms with van der Waals surface area (Å²) >= 11 is 5.42. The van der Waals surface area contributed by atoms with E-state index < -0.39 is 5.91 Å². The Bertz CT molecular complexity index is 319. The topological polar surface area (TPSA) is 56.0 Å². The Morgan fingerprint density at radius 1 is 2.00 bits per heavy atom. The van der Waals surface area contributed by atoms with Crippen LogP contribution in [0.4, 0.5) is 0 Å². The number of rotatable bonds is 1. The molecule has 0 unspecified atom stereocenters. The average molecular weight is 158 g/mol. The number of carbonyl (C=O) groups is 1. The van der Waals surface area contributed by atoms with Gasteiger partial charge >= 0.3 is 0 Å². The summed E-state index contributed by atoms with van der Waals surface area (Å²) in [6.07, 6.45) is 0. The number of hydrogen-bond donors (Lipinski definition) is 1. The van der Waals surface area contributed by atoms with E-state index in [0.717, 1.165) is 0 Å². The minimum atomic E-state index is -0.814. The van der Waals surface area contributed by atoms with Crippen LogP contribution in [0, 0.1) is 6.07 Å². The molecule has 10 heavy (non-hydrogen) atoms. The van der Waals surface area contributed by atoms with E-state index in [4.69, 9.17) is 20.1 Å². The molecular weight excluding hydrogens is 152 g/mol. The number of nitrogens with two attached hydrogens (primary N) is 1. The van der Waals surface area contributed by atoms with Crippen molar-refractivity contribution in [1.82, 2.24) is 4.98 Å². The summed E-state index contributed by atoms with van der Waals surface area (Å²) in [5.41, 5.74) is 4.64. The Kier molecular flexibility index (Phi) is 1.25. The van der Waals surface area contributed by atoms with Gasteiger partial charge in [-0.3, -0.25) is 4.79 Å². The van der Waals surface area contributed by atoms with Gasteiger partial charge in [-0.2, -0.15) is 0 Å². The summed E-state index contributed by atoms with van der Waals surface area (Å²) in [6.45, 7) is 0. The number of pyridine rings is 1. The van der Waals surface area contributed by atoms with Crippen LogP contribution in [-0.4, -0.2) is 10.9 Å². The maximum atomic E-state index is 10.5. The fourth-order valence-corrected chi connectivity index (χ4v) is 0.545. The number of amides is 1. The van der Waals surface area contributed by atoms with Gasteiger partial charge in [-0.1, -0.05) is 11.6 Å². The van der Waals surface area contributed by atoms with Crippen molar-refractivity contribution in [3.8, 4) is 0 Å². The molecule has 4 heteroatoms. The molecule has 0 aliphatic carbocycles. The first-order valence-corrected chi connectivity index (χ1v) is 2.76. The molecule has 0 aliphatic heterocycles. The number of halogens is 1. The third-order valence-electron chi connectivity index (χ3n) is 0.790. The molecule has 1 amide bonds. The monoisotopic (exact) mass is 157 g/mol. The molecular formula is C6H4ClN2O. The van der Waals surface area contributed by atoms with Crippen molar-refractivity contribution in [3.63, 3.8) is 0 Å². The fraction of sp³-hybridized carbons (Fsp3) is 0. The third kappa shape index (κ3) is 1.45. The molecule has 1 aromatic rings. The SMILES string of the molecule is [2H]c1[c]c(C(N)=O)nc(Cl)c1[2H]. The van der Waals surface area contributed by atoms with Crippen molar-refractivity contribution in [2.24, 2.45) is 5.73 Å². The quantitative estimate of drug-likeness (QED) is 0.608. The molecule has 2 N–H and O–H groups in total. The van der Waals surface area contributed by atoms with Crippen LogP contribution >= 0.6 is 11.6 Å². The summed E-state index contributed by atoms with van der Waals surface area (Å²) < 4.78 is 14.2. The Morgan fingerprint density at radius 2 is 2.70 bits per heavy atom. The van der Waals surface area contributed by atoms with E-state index in [9.17, 15) is 4.79 Å². The molecule has 0 saturated carbocycles. The normalized spacial score (nSPS) is 12.1. The number of aromatic nitrogens is 1. The Hall–Kier alpha value is -1.09. The highest BCUT2D eigenvalue weighted by Gasteiger charge is 2.00. The molecule has 0 saturated heterocycles. The molecule has 1 heterocycles. The zero-order chi connectivity index (χ0) is 9.30. The first kappa shape index (κ1) is 4.68. The first-order valence-electron chi connectivity index (χ1n) is 3.38. The van der Waals surface area contributed by atoms with Crippen molar-refractivity contribution in [2.45, 2.75) is 0 Å². The lowest BCUT2D eigenvalue weighted by Crippen LogP contribution is -2.12. The minimum absolute atomic E-state index is 0.215. The molecule has 51 valence electrons. The van der Waals surface area contributed by atoms with Crippen molar-refractivity contribution in [1.29, 1.82) is 0 Å². The van der Waals surface area contributed by atoms with Gasteiger partial charge in [0, 0.05) is 6.07 Å². The lowest BCUT2D eigenvalue weighted by atomic mass is 10.3. The molecule has 1 rings (SSSR count). The highest BCUT2D eigenvalue weighted by atomic mass is 35.5. The molecule has 3 nitrogen and oxygen atoms in total. The van der Waals surface area contributed by atoms with Gasteiger partial charge in [-0.15, -0.1) is 0 Å². The van der Waals surface area contributed by atoms with Crippen LogP contribution in [0.2, 0.25) is 5.15 Å². The highest BCUT2D eigenvalue weighted by Crippen LogP contribution is 2.02. The second kappa shape index (κ2) is 2.66. The van der Waals surface area contributed by atoms with Crippen LogP contribution in [0.1, 0.15) is 13.2 Å². The van der Waals surface area contributed by atoms with Crippen LogP contribution in [-0.2, 0) is 0 Å². The van der Waals surface area contributed by atoms with Crippen molar-refractivity contribution in [2.75, 3.05) is 0 Å². The second-order valence-corrected chi connectivity index (χ2v) is 1.85.